The fourth-order valence-corrected chi connectivity index (χ4v) is 3.95. The van der Waals surface area contributed by atoms with Gasteiger partial charge in [-0.3, -0.25) is 4.79 Å². The zero-order chi connectivity index (χ0) is 15.0. The summed E-state index contributed by atoms with van der Waals surface area (Å²) in [7, 11) is 0. The Kier molecular flexibility index (Phi) is 3.59. The summed E-state index contributed by atoms with van der Waals surface area (Å²) < 4.78 is 5.01. The first-order valence-electron chi connectivity index (χ1n) is 7.01. The van der Waals surface area contributed by atoms with Gasteiger partial charge in [-0.15, -0.1) is 11.3 Å². The Balaban J connectivity index is 1.76. The normalized spacial score (nSPS) is 21.1. The van der Waals surface area contributed by atoms with E-state index in [2.05, 4.69) is 10.5 Å². The predicted octanol–water partition coefficient (Wildman–Crippen LogP) is 2.31. The fraction of sp³-hybridized carbons (Fsp3) is 0.467. The number of nitrogens with zero attached hydrogens (tertiary/aromatic N) is 1. The molecule has 1 aliphatic rings. The zero-order valence-electron chi connectivity index (χ0n) is 12.1. The molecule has 5 nitrogen and oxygen atoms in total. The van der Waals surface area contributed by atoms with Crippen molar-refractivity contribution in [2.24, 2.45) is 0 Å². The molecule has 0 bridgehead atoms. The number of amides is 1. The van der Waals surface area contributed by atoms with Crippen LogP contribution in [0, 0.1) is 13.8 Å². The summed E-state index contributed by atoms with van der Waals surface area (Å²) in [5.74, 6) is 0.249. The summed E-state index contributed by atoms with van der Waals surface area (Å²) >= 11 is 1.67. The Bertz CT molecular complexity index is 657. The lowest BCUT2D eigenvalue weighted by Crippen LogP contribution is -2.42. The minimum atomic E-state index is -0.970. The van der Waals surface area contributed by atoms with Gasteiger partial charge in [0.05, 0.1) is 12.2 Å². The first kappa shape index (κ1) is 14.3. The second-order valence-electron chi connectivity index (χ2n) is 5.52. The SMILES string of the molecule is Cc1noc(C)c1C(=O)NCC1(O)CCCc2sccc21. The number of nitrogens with one attached hydrogen (secondary N) is 1. The molecule has 3 rings (SSSR count). The molecule has 6 heteroatoms. The van der Waals surface area contributed by atoms with Gasteiger partial charge in [0.2, 0.25) is 0 Å². The lowest BCUT2D eigenvalue weighted by molar-refractivity contribution is 0.0197. The van der Waals surface area contributed by atoms with Crippen LogP contribution < -0.4 is 5.32 Å². The third kappa shape index (κ3) is 2.49. The van der Waals surface area contributed by atoms with E-state index in [9.17, 15) is 9.90 Å². The van der Waals surface area contributed by atoms with Crippen LogP contribution in [-0.2, 0) is 12.0 Å². The topological polar surface area (TPSA) is 75.4 Å². The smallest absolute Gasteiger partial charge is 0.256 e. The summed E-state index contributed by atoms with van der Waals surface area (Å²) in [6, 6.07) is 1.96. The van der Waals surface area contributed by atoms with E-state index in [-0.39, 0.29) is 12.5 Å². The third-order valence-corrected chi connectivity index (χ3v) is 5.02. The van der Waals surface area contributed by atoms with Crippen LogP contribution in [-0.4, -0.2) is 22.7 Å². The number of fused-ring (bicyclic) bond motifs is 1. The van der Waals surface area contributed by atoms with E-state index in [0.29, 0.717) is 23.4 Å². The number of rotatable bonds is 3. The van der Waals surface area contributed by atoms with Crippen LogP contribution in [0.2, 0.25) is 0 Å². The minimum absolute atomic E-state index is 0.208. The molecule has 1 unspecified atom stereocenters. The average Bonchev–Trinajstić information content (AvgIpc) is 3.05. The van der Waals surface area contributed by atoms with Crippen molar-refractivity contribution in [1.82, 2.24) is 10.5 Å². The number of aliphatic hydroxyl groups is 1. The van der Waals surface area contributed by atoms with Crippen molar-refractivity contribution in [1.29, 1.82) is 0 Å². The van der Waals surface area contributed by atoms with E-state index < -0.39 is 5.60 Å². The Morgan fingerprint density at radius 1 is 1.57 bits per heavy atom. The van der Waals surface area contributed by atoms with Gasteiger partial charge in [0.25, 0.3) is 5.91 Å². The number of carbonyl (C=O) groups excluding carboxylic acids is 1. The van der Waals surface area contributed by atoms with Crippen LogP contribution in [0.5, 0.6) is 0 Å². The Morgan fingerprint density at radius 2 is 2.38 bits per heavy atom. The highest BCUT2D eigenvalue weighted by atomic mass is 32.1. The molecule has 1 amide bonds. The Morgan fingerprint density at radius 3 is 3.10 bits per heavy atom. The van der Waals surface area contributed by atoms with E-state index in [1.165, 1.54) is 4.88 Å². The molecule has 112 valence electrons. The second kappa shape index (κ2) is 5.27. The third-order valence-electron chi connectivity index (χ3n) is 4.04. The highest BCUT2D eigenvalue weighted by Gasteiger charge is 2.35. The summed E-state index contributed by atoms with van der Waals surface area (Å²) in [6.45, 7) is 3.65. The number of aromatic nitrogens is 1. The maximum Gasteiger partial charge on any atom is 0.256 e. The maximum absolute atomic E-state index is 12.3. The van der Waals surface area contributed by atoms with Gasteiger partial charge in [0.1, 0.15) is 16.9 Å². The van der Waals surface area contributed by atoms with E-state index >= 15 is 0 Å². The first-order valence-corrected chi connectivity index (χ1v) is 7.89. The van der Waals surface area contributed by atoms with Crippen molar-refractivity contribution < 1.29 is 14.4 Å². The molecule has 21 heavy (non-hydrogen) atoms. The number of hydrogen-bond donors (Lipinski definition) is 2. The standard InChI is InChI=1S/C15H18N2O3S/c1-9-13(10(2)20-17-9)14(18)16-8-15(19)6-3-4-12-11(15)5-7-21-12/h5,7,19H,3-4,6,8H2,1-2H3,(H,16,18). The highest BCUT2D eigenvalue weighted by Crippen LogP contribution is 2.37. The molecule has 0 fully saturated rings. The average molecular weight is 306 g/mol. The van der Waals surface area contributed by atoms with Crippen molar-refractivity contribution in [3.8, 4) is 0 Å². The van der Waals surface area contributed by atoms with Crippen LogP contribution in [0.1, 0.15) is 45.1 Å². The van der Waals surface area contributed by atoms with Crippen LogP contribution in [0.15, 0.2) is 16.0 Å². The van der Waals surface area contributed by atoms with Crippen molar-refractivity contribution in [3.05, 3.63) is 38.9 Å². The Hall–Kier alpha value is -1.66. The quantitative estimate of drug-likeness (QED) is 0.912. The Labute approximate surface area is 127 Å². The number of thiophene rings is 1. The molecule has 2 aromatic heterocycles. The zero-order valence-corrected chi connectivity index (χ0v) is 12.9. The van der Waals surface area contributed by atoms with Gasteiger partial charge in [-0.1, -0.05) is 5.16 Å². The van der Waals surface area contributed by atoms with Crippen molar-refractivity contribution in [3.63, 3.8) is 0 Å². The lowest BCUT2D eigenvalue weighted by atomic mass is 9.83. The second-order valence-corrected chi connectivity index (χ2v) is 6.53. The molecule has 1 aliphatic carbocycles. The molecule has 0 spiro atoms. The first-order chi connectivity index (χ1) is 10.0. The molecule has 1 atom stereocenters. The largest absolute Gasteiger partial charge is 0.383 e. The van der Waals surface area contributed by atoms with Crippen LogP contribution in [0.4, 0.5) is 0 Å². The van der Waals surface area contributed by atoms with Crippen LogP contribution in [0.3, 0.4) is 0 Å². The highest BCUT2D eigenvalue weighted by molar-refractivity contribution is 7.10. The van der Waals surface area contributed by atoms with Gasteiger partial charge < -0.3 is 14.9 Å². The summed E-state index contributed by atoms with van der Waals surface area (Å²) in [6.07, 6.45) is 2.61. The molecule has 0 saturated heterocycles. The van der Waals surface area contributed by atoms with Crippen LogP contribution in [0.25, 0.3) is 0 Å². The summed E-state index contributed by atoms with van der Waals surface area (Å²) in [5.41, 5.74) is 1.01. The molecular formula is C15H18N2O3S. The lowest BCUT2D eigenvalue weighted by Gasteiger charge is -2.32. The molecule has 2 heterocycles. The summed E-state index contributed by atoms with van der Waals surface area (Å²) in [5, 5.41) is 19.5. The van der Waals surface area contributed by atoms with Gasteiger partial charge >= 0.3 is 0 Å². The van der Waals surface area contributed by atoms with Gasteiger partial charge in [-0.2, -0.15) is 0 Å². The predicted molar refractivity (Wildman–Crippen MR) is 79.5 cm³/mol. The molecular weight excluding hydrogens is 288 g/mol. The van der Waals surface area contributed by atoms with Crippen LogP contribution >= 0.6 is 11.3 Å². The molecule has 0 saturated carbocycles. The number of carbonyl (C=O) groups is 1. The molecule has 0 aliphatic heterocycles. The monoisotopic (exact) mass is 306 g/mol. The minimum Gasteiger partial charge on any atom is -0.383 e. The molecule has 2 aromatic rings. The van der Waals surface area contributed by atoms with Crippen molar-refractivity contribution >= 4 is 17.2 Å². The molecule has 2 N–H and O–H groups in total. The maximum atomic E-state index is 12.3. The summed E-state index contributed by atoms with van der Waals surface area (Å²) in [4.78, 5) is 13.5. The van der Waals surface area contributed by atoms with Gasteiger partial charge in [0.15, 0.2) is 0 Å². The molecule has 0 radical (unpaired) electrons. The van der Waals surface area contributed by atoms with E-state index in [1.807, 2.05) is 11.4 Å². The molecule has 0 aromatic carbocycles. The number of aryl methyl sites for hydroxylation is 3. The fourth-order valence-electron chi connectivity index (χ4n) is 2.93. The van der Waals surface area contributed by atoms with Crippen molar-refractivity contribution in [2.45, 2.75) is 38.7 Å². The van der Waals surface area contributed by atoms with Crippen molar-refractivity contribution in [2.75, 3.05) is 6.54 Å². The van der Waals surface area contributed by atoms with E-state index in [4.69, 9.17) is 4.52 Å². The van der Waals surface area contributed by atoms with E-state index in [1.54, 1.807) is 25.2 Å². The van der Waals surface area contributed by atoms with E-state index in [0.717, 1.165) is 18.4 Å². The van der Waals surface area contributed by atoms with Gasteiger partial charge in [-0.25, -0.2) is 0 Å². The van der Waals surface area contributed by atoms with Gasteiger partial charge in [-0.05, 0) is 50.1 Å². The van der Waals surface area contributed by atoms with Gasteiger partial charge in [0, 0.05) is 4.88 Å². The number of hydrogen-bond acceptors (Lipinski definition) is 5.